The van der Waals surface area contributed by atoms with Crippen LogP contribution < -0.4 is 0 Å². The van der Waals surface area contributed by atoms with E-state index < -0.39 is 10.8 Å². The molecule has 1 atom stereocenters. The SMILES string of the molecule is CCCCCCc1ccc2cc3sc(-c4cc(-c5ccc(C)cc5)ccc4S(C)=O)cc3cc2c1. The first-order chi connectivity index (χ1) is 17.0. The second-order valence-electron chi connectivity index (χ2n) is 9.52. The molecule has 3 heteroatoms. The van der Waals surface area contributed by atoms with E-state index in [-0.39, 0.29) is 0 Å². The first kappa shape index (κ1) is 24.0. The molecule has 1 heterocycles. The van der Waals surface area contributed by atoms with Crippen molar-refractivity contribution in [3.05, 3.63) is 90.0 Å². The Morgan fingerprint density at radius 2 is 1.54 bits per heavy atom. The summed E-state index contributed by atoms with van der Waals surface area (Å²) in [5, 5.41) is 3.85. The van der Waals surface area contributed by atoms with Crippen LogP contribution in [-0.2, 0) is 17.2 Å². The summed E-state index contributed by atoms with van der Waals surface area (Å²) in [4.78, 5) is 2.07. The third-order valence-electron chi connectivity index (χ3n) is 6.80. The summed E-state index contributed by atoms with van der Waals surface area (Å²) in [6, 6.07) is 28.8. The highest BCUT2D eigenvalue weighted by atomic mass is 32.2. The van der Waals surface area contributed by atoms with Gasteiger partial charge in [0.25, 0.3) is 0 Å². The van der Waals surface area contributed by atoms with E-state index in [1.807, 2.05) is 6.07 Å². The molecule has 1 nitrogen and oxygen atoms in total. The average Bonchev–Trinajstić information content (AvgIpc) is 3.28. The van der Waals surface area contributed by atoms with Gasteiger partial charge in [0, 0.05) is 26.3 Å². The van der Waals surface area contributed by atoms with Gasteiger partial charge in [-0.1, -0.05) is 80.3 Å². The summed E-state index contributed by atoms with van der Waals surface area (Å²) in [6.07, 6.45) is 8.09. The molecule has 1 aromatic heterocycles. The number of hydrogen-bond acceptors (Lipinski definition) is 2. The molecular formula is C32H32OS2. The highest BCUT2D eigenvalue weighted by Gasteiger charge is 2.14. The van der Waals surface area contributed by atoms with Gasteiger partial charge < -0.3 is 0 Å². The smallest absolute Gasteiger partial charge is 0.0504 e. The highest BCUT2D eigenvalue weighted by Crippen LogP contribution is 2.40. The molecule has 1 unspecified atom stereocenters. The summed E-state index contributed by atoms with van der Waals surface area (Å²) in [5.41, 5.74) is 6.10. The molecule has 0 aliphatic heterocycles. The number of thiophene rings is 1. The predicted octanol–water partition coefficient (Wildman–Crippen LogP) is 9.56. The van der Waals surface area contributed by atoms with Crippen molar-refractivity contribution in [3.8, 4) is 21.6 Å². The molecule has 0 bridgehead atoms. The van der Waals surface area contributed by atoms with Gasteiger partial charge in [-0.25, -0.2) is 0 Å². The summed E-state index contributed by atoms with van der Waals surface area (Å²) < 4.78 is 13.9. The van der Waals surface area contributed by atoms with Gasteiger partial charge in [-0.2, -0.15) is 0 Å². The quantitative estimate of drug-likeness (QED) is 0.195. The molecule has 178 valence electrons. The number of aryl methyl sites for hydroxylation is 2. The zero-order valence-electron chi connectivity index (χ0n) is 20.8. The van der Waals surface area contributed by atoms with Crippen LogP contribution >= 0.6 is 11.3 Å². The fraction of sp³-hybridized carbons (Fsp3) is 0.250. The van der Waals surface area contributed by atoms with Crippen molar-refractivity contribution in [1.29, 1.82) is 0 Å². The van der Waals surface area contributed by atoms with Crippen LogP contribution in [0.4, 0.5) is 0 Å². The molecule has 0 N–H and O–H groups in total. The van der Waals surface area contributed by atoms with E-state index in [1.165, 1.54) is 68.1 Å². The van der Waals surface area contributed by atoms with Gasteiger partial charge in [-0.3, -0.25) is 4.21 Å². The Kier molecular flexibility index (Phi) is 7.17. The molecule has 5 rings (SSSR count). The van der Waals surface area contributed by atoms with E-state index >= 15 is 0 Å². The Morgan fingerprint density at radius 1 is 0.743 bits per heavy atom. The molecular weight excluding hydrogens is 464 g/mol. The van der Waals surface area contributed by atoms with Crippen molar-refractivity contribution in [2.45, 2.75) is 50.8 Å². The van der Waals surface area contributed by atoms with Gasteiger partial charge >= 0.3 is 0 Å². The number of unbranched alkanes of at least 4 members (excludes halogenated alkanes) is 3. The van der Waals surface area contributed by atoms with Crippen molar-refractivity contribution in [2.75, 3.05) is 6.26 Å². The number of fused-ring (bicyclic) bond motifs is 2. The van der Waals surface area contributed by atoms with E-state index in [1.54, 1.807) is 17.6 Å². The lowest BCUT2D eigenvalue weighted by Crippen LogP contribution is -1.92. The van der Waals surface area contributed by atoms with Crippen LogP contribution in [0.15, 0.2) is 83.8 Å². The van der Waals surface area contributed by atoms with Gasteiger partial charge in [-0.15, -0.1) is 11.3 Å². The molecule has 5 aromatic rings. The zero-order chi connectivity index (χ0) is 24.4. The Hall–Kier alpha value is -2.75. The van der Waals surface area contributed by atoms with E-state index in [9.17, 15) is 4.21 Å². The summed E-state index contributed by atoms with van der Waals surface area (Å²) >= 11 is 1.79. The van der Waals surface area contributed by atoms with Crippen molar-refractivity contribution >= 4 is 43.0 Å². The molecule has 4 aromatic carbocycles. The number of rotatable bonds is 8. The standard InChI is InChI=1S/C32H32OS2/c1-4-5-6-7-8-23-11-14-26-20-30-28(18-27(26)17-23)21-31(34-30)29-19-25(15-16-32(29)35(3)33)24-12-9-22(2)10-13-24/h9-21H,4-8H2,1-3H3. The van der Waals surface area contributed by atoms with Crippen molar-refractivity contribution in [1.82, 2.24) is 0 Å². The summed E-state index contributed by atoms with van der Waals surface area (Å²) in [7, 11) is -1.06. The molecule has 0 amide bonds. The third-order valence-corrected chi connectivity index (χ3v) is 8.90. The topological polar surface area (TPSA) is 17.1 Å². The molecule has 0 aliphatic carbocycles. The minimum Gasteiger partial charge on any atom is -0.255 e. The van der Waals surface area contributed by atoms with Crippen LogP contribution in [0.1, 0.15) is 43.7 Å². The Labute approximate surface area is 215 Å². The van der Waals surface area contributed by atoms with Gasteiger partial charge in [0.1, 0.15) is 0 Å². The van der Waals surface area contributed by atoms with Crippen LogP contribution in [0.3, 0.4) is 0 Å². The molecule has 35 heavy (non-hydrogen) atoms. The van der Waals surface area contributed by atoms with Crippen molar-refractivity contribution < 1.29 is 4.21 Å². The molecule has 0 saturated heterocycles. The van der Waals surface area contributed by atoms with E-state index in [4.69, 9.17) is 0 Å². The van der Waals surface area contributed by atoms with Gasteiger partial charge in [0.15, 0.2) is 0 Å². The number of hydrogen-bond donors (Lipinski definition) is 0. The minimum atomic E-state index is -1.06. The van der Waals surface area contributed by atoms with Crippen LogP contribution in [-0.4, -0.2) is 10.5 Å². The fourth-order valence-electron chi connectivity index (χ4n) is 4.78. The minimum absolute atomic E-state index is 0.895. The highest BCUT2D eigenvalue weighted by molar-refractivity contribution is 7.84. The molecule has 0 saturated carbocycles. The van der Waals surface area contributed by atoms with Crippen LogP contribution in [0, 0.1) is 6.92 Å². The average molecular weight is 497 g/mol. The lowest BCUT2D eigenvalue weighted by Gasteiger charge is -2.09. The van der Waals surface area contributed by atoms with Crippen LogP contribution in [0.5, 0.6) is 0 Å². The first-order valence-electron chi connectivity index (χ1n) is 12.5. The van der Waals surface area contributed by atoms with Gasteiger partial charge in [0.05, 0.1) is 10.8 Å². The van der Waals surface area contributed by atoms with E-state index in [2.05, 4.69) is 86.6 Å². The molecule has 0 fully saturated rings. The Bertz CT molecular complexity index is 1510. The monoisotopic (exact) mass is 496 g/mol. The third kappa shape index (κ3) is 5.27. The van der Waals surface area contributed by atoms with Gasteiger partial charge in [-0.05, 0) is 82.9 Å². The van der Waals surface area contributed by atoms with Crippen molar-refractivity contribution in [2.24, 2.45) is 0 Å². The lowest BCUT2D eigenvalue weighted by molar-refractivity contribution is 0.667. The zero-order valence-corrected chi connectivity index (χ0v) is 22.4. The number of benzene rings is 4. The normalized spacial score (nSPS) is 12.4. The molecule has 0 radical (unpaired) electrons. The maximum atomic E-state index is 12.6. The lowest BCUT2D eigenvalue weighted by atomic mass is 10.0. The first-order valence-corrected chi connectivity index (χ1v) is 14.9. The summed E-state index contributed by atoms with van der Waals surface area (Å²) in [5.74, 6) is 0. The summed E-state index contributed by atoms with van der Waals surface area (Å²) in [6.45, 7) is 4.37. The Morgan fingerprint density at radius 3 is 2.31 bits per heavy atom. The van der Waals surface area contributed by atoms with E-state index in [0.717, 1.165) is 22.4 Å². The van der Waals surface area contributed by atoms with Crippen LogP contribution in [0.25, 0.3) is 42.4 Å². The largest absolute Gasteiger partial charge is 0.255 e. The van der Waals surface area contributed by atoms with E-state index in [0.29, 0.717) is 0 Å². The maximum Gasteiger partial charge on any atom is 0.0504 e. The molecule has 0 spiro atoms. The molecule has 0 aliphatic rings. The second kappa shape index (κ2) is 10.5. The second-order valence-corrected chi connectivity index (χ2v) is 12.0. The maximum absolute atomic E-state index is 12.6. The predicted molar refractivity (Wildman–Crippen MR) is 155 cm³/mol. The van der Waals surface area contributed by atoms with Crippen molar-refractivity contribution in [3.63, 3.8) is 0 Å². The Balaban J connectivity index is 1.54. The fourth-order valence-corrected chi connectivity index (χ4v) is 6.70. The van der Waals surface area contributed by atoms with Crippen LogP contribution in [0.2, 0.25) is 0 Å². The van der Waals surface area contributed by atoms with Gasteiger partial charge in [0.2, 0.25) is 0 Å².